The summed E-state index contributed by atoms with van der Waals surface area (Å²) in [6.45, 7) is 6.76. The summed E-state index contributed by atoms with van der Waals surface area (Å²) in [7, 11) is 1.64. The maximum atomic E-state index is 11.7. The third-order valence-corrected chi connectivity index (χ3v) is 3.19. The van der Waals surface area contributed by atoms with E-state index in [1.165, 1.54) is 5.57 Å². The number of hydrogen-bond donors (Lipinski definition) is 2. The van der Waals surface area contributed by atoms with Crippen molar-refractivity contribution in [2.75, 3.05) is 13.7 Å². The second kappa shape index (κ2) is 11.5. The molecule has 0 saturated carbocycles. The van der Waals surface area contributed by atoms with E-state index in [0.717, 1.165) is 31.4 Å². The Balaban J connectivity index is 3.94. The maximum Gasteiger partial charge on any atom is 0.223 e. The first-order valence-corrected chi connectivity index (χ1v) is 7.36. The average Bonchev–Trinajstić information content (AvgIpc) is 2.41. The normalized spacial score (nSPS) is 14.1. The van der Waals surface area contributed by atoms with Crippen molar-refractivity contribution in [2.24, 2.45) is 5.73 Å². The second-order valence-corrected chi connectivity index (χ2v) is 5.18. The van der Waals surface area contributed by atoms with E-state index in [0.29, 0.717) is 13.0 Å². The Kier molecular flexibility index (Phi) is 10.8. The molecule has 1 unspecified atom stereocenters. The lowest BCUT2D eigenvalue weighted by Gasteiger charge is -2.08. The fraction of sp³-hybridized carbons (Fsp3) is 0.688. The van der Waals surface area contributed by atoms with Crippen LogP contribution < -0.4 is 11.1 Å². The van der Waals surface area contributed by atoms with Crippen molar-refractivity contribution < 1.29 is 9.53 Å². The predicted molar refractivity (Wildman–Crippen MR) is 84.3 cm³/mol. The molecule has 3 N–H and O–H groups in total. The van der Waals surface area contributed by atoms with E-state index < -0.39 is 0 Å². The standard InChI is InChI=1S/C16H30N2O2/c1-5-13(2)11-12-18-16(19)10-9-15(20-4)8-6-7-14(3)17/h5,9,14H,6-8,10-12,17H2,1-4H3,(H,18,19)/b13-5+,15-9+. The van der Waals surface area contributed by atoms with E-state index in [-0.39, 0.29) is 11.9 Å². The molecular formula is C16H30N2O2. The predicted octanol–water partition coefficient (Wildman–Crippen LogP) is 2.90. The van der Waals surface area contributed by atoms with Crippen molar-refractivity contribution in [1.29, 1.82) is 0 Å². The molecule has 0 bridgehead atoms. The number of nitrogens with two attached hydrogens (primary N) is 1. The van der Waals surface area contributed by atoms with Crippen LogP contribution in [0.15, 0.2) is 23.5 Å². The highest BCUT2D eigenvalue weighted by atomic mass is 16.5. The quantitative estimate of drug-likeness (QED) is 0.478. The van der Waals surface area contributed by atoms with Gasteiger partial charge in [-0.15, -0.1) is 0 Å². The van der Waals surface area contributed by atoms with Crippen LogP contribution in [-0.2, 0) is 9.53 Å². The highest BCUT2D eigenvalue weighted by Crippen LogP contribution is 2.10. The molecular weight excluding hydrogens is 252 g/mol. The monoisotopic (exact) mass is 282 g/mol. The molecule has 20 heavy (non-hydrogen) atoms. The molecule has 1 atom stereocenters. The lowest BCUT2D eigenvalue weighted by atomic mass is 10.1. The number of carbonyl (C=O) groups is 1. The van der Waals surface area contributed by atoms with Crippen LogP contribution in [0, 0.1) is 0 Å². The minimum atomic E-state index is 0.0376. The van der Waals surface area contributed by atoms with Gasteiger partial charge >= 0.3 is 0 Å². The maximum absolute atomic E-state index is 11.7. The molecule has 0 aromatic heterocycles. The van der Waals surface area contributed by atoms with Gasteiger partial charge in [0, 0.05) is 25.4 Å². The summed E-state index contributed by atoms with van der Waals surface area (Å²) >= 11 is 0. The zero-order valence-corrected chi connectivity index (χ0v) is 13.4. The van der Waals surface area contributed by atoms with Crippen molar-refractivity contribution >= 4 is 5.91 Å². The van der Waals surface area contributed by atoms with Crippen molar-refractivity contribution in [3.05, 3.63) is 23.5 Å². The summed E-state index contributed by atoms with van der Waals surface area (Å²) in [4.78, 5) is 11.7. The van der Waals surface area contributed by atoms with Crippen LogP contribution in [-0.4, -0.2) is 25.6 Å². The number of hydrogen-bond acceptors (Lipinski definition) is 3. The Hall–Kier alpha value is -1.29. The van der Waals surface area contributed by atoms with Gasteiger partial charge in [0.2, 0.25) is 5.91 Å². The Labute approximate surface area is 123 Å². The van der Waals surface area contributed by atoms with Crippen LogP contribution in [0.5, 0.6) is 0 Å². The summed E-state index contributed by atoms with van der Waals surface area (Å²) in [5, 5.41) is 2.90. The van der Waals surface area contributed by atoms with E-state index in [9.17, 15) is 4.79 Å². The number of amides is 1. The van der Waals surface area contributed by atoms with Crippen molar-refractivity contribution in [1.82, 2.24) is 5.32 Å². The molecule has 1 amide bonds. The summed E-state index contributed by atoms with van der Waals surface area (Å²) in [5.41, 5.74) is 6.99. The van der Waals surface area contributed by atoms with Crippen molar-refractivity contribution in [3.8, 4) is 0 Å². The Morgan fingerprint density at radius 1 is 1.40 bits per heavy atom. The van der Waals surface area contributed by atoms with Gasteiger partial charge in [-0.2, -0.15) is 0 Å². The Bertz CT molecular complexity index is 333. The lowest BCUT2D eigenvalue weighted by molar-refractivity contribution is -0.120. The molecule has 0 aromatic carbocycles. The summed E-state index contributed by atoms with van der Waals surface area (Å²) in [6, 6.07) is 0.214. The Morgan fingerprint density at radius 3 is 2.65 bits per heavy atom. The first kappa shape index (κ1) is 18.7. The first-order chi connectivity index (χ1) is 9.49. The second-order valence-electron chi connectivity index (χ2n) is 5.18. The van der Waals surface area contributed by atoms with Crippen LogP contribution >= 0.6 is 0 Å². The summed E-state index contributed by atoms with van der Waals surface area (Å²) < 4.78 is 5.27. The molecule has 0 rings (SSSR count). The molecule has 0 saturated heterocycles. The van der Waals surface area contributed by atoms with Crippen LogP contribution in [0.2, 0.25) is 0 Å². The zero-order valence-electron chi connectivity index (χ0n) is 13.4. The lowest BCUT2D eigenvalue weighted by Crippen LogP contribution is -2.23. The minimum Gasteiger partial charge on any atom is -0.501 e. The highest BCUT2D eigenvalue weighted by Gasteiger charge is 2.02. The summed E-state index contributed by atoms with van der Waals surface area (Å²) in [6.07, 6.45) is 7.98. The number of allylic oxidation sites excluding steroid dienone is 2. The van der Waals surface area contributed by atoms with Gasteiger partial charge in [-0.3, -0.25) is 4.79 Å². The number of methoxy groups -OCH3 is 1. The number of carbonyl (C=O) groups excluding carboxylic acids is 1. The molecule has 0 fully saturated rings. The number of rotatable bonds is 10. The topological polar surface area (TPSA) is 64.4 Å². The first-order valence-electron chi connectivity index (χ1n) is 7.36. The van der Waals surface area contributed by atoms with Gasteiger partial charge < -0.3 is 15.8 Å². The van der Waals surface area contributed by atoms with E-state index in [4.69, 9.17) is 10.5 Å². The molecule has 4 heteroatoms. The SMILES string of the molecule is C/C=C(\C)CCNC(=O)C/C=C(\CCCC(C)N)OC. The number of ether oxygens (including phenoxy) is 1. The van der Waals surface area contributed by atoms with Gasteiger partial charge in [-0.1, -0.05) is 11.6 Å². The average molecular weight is 282 g/mol. The van der Waals surface area contributed by atoms with Gasteiger partial charge in [0.25, 0.3) is 0 Å². The molecule has 0 aliphatic heterocycles. The van der Waals surface area contributed by atoms with Gasteiger partial charge in [0.1, 0.15) is 0 Å². The van der Waals surface area contributed by atoms with Crippen LogP contribution in [0.1, 0.15) is 52.9 Å². The fourth-order valence-electron chi connectivity index (χ4n) is 1.71. The van der Waals surface area contributed by atoms with Gasteiger partial charge in [0.05, 0.1) is 12.9 Å². The van der Waals surface area contributed by atoms with Crippen molar-refractivity contribution in [3.63, 3.8) is 0 Å². The van der Waals surface area contributed by atoms with Gasteiger partial charge in [-0.05, 0) is 46.1 Å². The fourth-order valence-corrected chi connectivity index (χ4v) is 1.71. The van der Waals surface area contributed by atoms with Crippen LogP contribution in [0.4, 0.5) is 0 Å². The molecule has 116 valence electrons. The third-order valence-electron chi connectivity index (χ3n) is 3.19. The van der Waals surface area contributed by atoms with Crippen molar-refractivity contribution in [2.45, 2.75) is 58.9 Å². The molecule has 0 aliphatic carbocycles. The van der Waals surface area contributed by atoms with Crippen LogP contribution in [0.3, 0.4) is 0 Å². The zero-order chi connectivity index (χ0) is 15.4. The van der Waals surface area contributed by atoms with E-state index >= 15 is 0 Å². The largest absolute Gasteiger partial charge is 0.501 e. The molecule has 4 nitrogen and oxygen atoms in total. The molecule has 0 radical (unpaired) electrons. The molecule has 0 aromatic rings. The third kappa shape index (κ3) is 10.6. The van der Waals surface area contributed by atoms with E-state index in [1.54, 1.807) is 7.11 Å². The number of nitrogens with one attached hydrogen (secondary N) is 1. The molecule has 0 heterocycles. The van der Waals surface area contributed by atoms with E-state index in [1.807, 2.05) is 19.9 Å². The highest BCUT2D eigenvalue weighted by molar-refractivity contribution is 5.77. The van der Waals surface area contributed by atoms with Crippen LogP contribution in [0.25, 0.3) is 0 Å². The molecule has 0 spiro atoms. The van der Waals surface area contributed by atoms with Gasteiger partial charge in [-0.25, -0.2) is 0 Å². The molecule has 0 aliphatic rings. The Morgan fingerprint density at radius 2 is 2.10 bits per heavy atom. The minimum absolute atomic E-state index is 0.0376. The smallest absolute Gasteiger partial charge is 0.223 e. The van der Waals surface area contributed by atoms with E-state index in [2.05, 4.69) is 18.3 Å². The summed E-state index contributed by atoms with van der Waals surface area (Å²) in [5.74, 6) is 0.904. The van der Waals surface area contributed by atoms with Gasteiger partial charge in [0.15, 0.2) is 0 Å².